The molecular formula is C26H28N4O4. The van der Waals surface area contributed by atoms with Crippen LogP contribution in [0.3, 0.4) is 0 Å². The molecule has 0 aliphatic carbocycles. The molecule has 5 rings (SSSR count). The van der Waals surface area contributed by atoms with Gasteiger partial charge in [-0.05, 0) is 60.7 Å². The number of benzene rings is 2. The first-order valence-corrected chi connectivity index (χ1v) is 11.6. The maximum Gasteiger partial charge on any atom is 0.338 e. The fourth-order valence-electron chi connectivity index (χ4n) is 4.82. The summed E-state index contributed by atoms with van der Waals surface area (Å²) in [5.41, 5.74) is 5.77. The lowest BCUT2D eigenvalue weighted by Gasteiger charge is -2.33. The summed E-state index contributed by atoms with van der Waals surface area (Å²) in [5.74, 6) is -0.364. The van der Waals surface area contributed by atoms with Crippen molar-refractivity contribution in [1.82, 2.24) is 20.4 Å². The zero-order valence-corrected chi connectivity index (χ0v) is 19.1. The van der Waals surface area contributed by atoms with Gasteiger partial charge in [0.15, 0.2) is 0 Å². The van der Waals surface area contributed by atoms with Crippen LogP contribution >= 0.6 is 0 Å². The molecule has 2 aliphatic heterocycles. The summed E-state index contributed by atoms with van der Waals surface area (Å²) in [6.07, 6.45) is 2.72. The van der Waals surface area contributed by atoms with Crippen molar-refractivity contribution in [3.8, 4) is 11.3 Å². The molecule has 1 saturated heterocycles. The molecule has 0 unspecified atom stereocenters. The molecule has 1 aromatic heterocycles. The van der Waals surface area contributed by atoms with Crippen LogP contribution in [0.25, 0.3) is 11.3 Å². The standard InChI is InChI=1S/C26H28N4O4/c1-16-20(6-7-21-22(16)15-34-26(21)33)24(31)14-30-12-9-19(10-13-30)28-25(32)18-4-2-17(3-5-18)23-8-11-27-29-23/h2-8,11,19,24,31H,9-10,12-15H2,1H3,(H,27,29)(H,28,32)/t24-/m0/s1. The lowest BCUT2D eigenvalue weighted by Crippen LogP contribution is -2.45. The van der Waals surface area contributed by atoms with E-state index in [4.69, 9.17) is 4.74 Å². The van der Waals surface area contributed by atoms with E-state index in [1.54, 1.807) is 12.3 Å². The number of piperidine rings is 1. The van der Waals surface area contributed by atoms with Crippen molar-refractivity contribution in [2.24, 2.45) is 0 Å². The second kappa shape index (κ2) is 9.40. The molecule has 34 heavy (non-hydrogen) atoms. The molecule has 0 spiro atoms. The van der Waals surface area contributed by atoms with E-state index in [2.05, 4.69) is 20.4 Å². The van der Waals surface area contributed by atoms with Gasteiger partial charge in [0.05, 0.1) is 17.4 Å². The quantitative estimate of drug-likeness (QED) is 0.488. The third-order valence-corrected chi connectivity index (χ3v) is 6.88. The van der Waals surface area contributed by atoms with Crippen molar-refractivity contribution >= 4 is 11.9 Å². The third-order valence-electron chi connectivity index (χ3n) is 6.88. The Hall–Kier alpha value is -3.49. The number of nitrogens with zero attached hydrogens (tertiary/aromatic N) is 2. The number of fused-ring (bicyclic) bond motifs is 1. The fourth-order valence-corrected chi connectivity index (χ4v) is 4.82. The number of hydrogen-bond acceptors (Lipinski definition) is 6. The van der Waals surface area contributed by atoms with Gasteiger partial charge in [-0.1, -0.05) is 18.2 Å². The lowest BCUT2D eigenvalue weighted by molar-refractivity contribution is 0.0534. The number of hydrogen-bond donors (Lipinski definition) is 3. The average molecular weight is 461 g/mol. The van der Waals surface area contributed by atoms with E-state index in [1.807, 2.05) is 43.3 Å². The van der Waals surface area contributed by atoms with Gasteiger partial charge in [-0.3, -0.25) is 9.89 Å². The minimum absolute atomic E-state index is 0.0693. The first-order valence-electron chi connectivity index (χ1n) is 11.6. The highest BCUT2D eigenvalue weighted by Gasteiger charge is 2.27. The van der Waals surface area contributed by atoms with Crippen LogP contribution in [0.1, 0.15) is 56.4 Å². The molecule has 0 saturated carbocycles. The number of carbonyl (C=O) groups excluding carboxylic acids is 2. The molecule has 2 aliphatic rings. The first kappa shape index (κ1) is 22.3. The summed E-state index contributed by atoms with van der Waals surface area (Å²) in [5, 5.41) is 20.9. The summed E-state index contributed by atoms with van der Waals surface area (Å²) in [6, 6.07) is 13.1. The number of likely N-dealkylation sites (tertiary alicyclic amines) is 1. The first-order chi connectivity index (χ1) is 16.5. The Morgan fingerprint density at radius 3 is 2.68 bits per heavy atom. The number of cyclic esters (lactones) is 1. The van der Waals surface area contributed by atoms with Gasteiger partial charge in [0.25, 0.3) is 5.91 Å². The number of aromatic amines is 1. The molecule has 1 atom stereocenters. The van der Waals surface area contributed by atoms with Gasteiger partial charge in [-0.25, -0.2) is 4.79 Å². The molecule has 3 aromatic rings. The van der Waals surface area contributed by atoms with Crippen molar-refractivity contribution in [1.29, 1.82) is 0 Å². The highest BCUT2D eigenvalue weighted by Crippen LogP contribution is 2.30. The molecule has 8 heteroatoms. The zero-order chi connectivity index (χ0) is 23.7. The number of aliphatic hydroxyl groups excluding tert-OH is 1. The molecule has 176 valence electrons. The maximum absolute atomic E-state index is 12.7. The summed E-state index contributed by atoms with van der Waals surface area (Å²) >= 11 is 0. The van der Waals surface area contributed by atoms with E-state index in [1.165, 1.54) is 0 Å². The Bertz CT molecular complexity index is 1180. The van der Waals surface area contributed by atoms with E-state index < -0.39 is 6.10 Å². The van der Waals surface area contributed by atoms with Crippen LogP contribution in [-0.2, 0) is 11.3 Å². The second-order valence-corrected chi connectivity index (χ2v) is 8.99. The van der Waals surface area contributed by atoms with Crippen molar-refractivity contribution in [3.05, 3.63) is 76.5 Å². The van der Waals surface area contributed by atoms with Crippen LogP contribution in [0.4, 0.5) is 0 Å². The van der Waals surface area contributed by atoms with E-state index in [-0.39, 0.29) is 24.5 Å². The Kier molecular flexibility index (Phi) is 6.17. The number of ether oxygens (including phenoxy) is 1. The molecule has 1 amide bonds. The number of carbonyl (C=O) groups is 2. The molecule has 0 radical (unpaired) electrons. The molecule has 3 N–H and O–H groups in total. The smallest absolute Gasteiger partial charge is 0.338 e. The van der Waals surface area contributed by atoms with Gasteiger partial charge >= 0.3 is 5.97 Å². The van der Waals surface area contributed by atoms with E-state index in [0.29, 0.717) is 17.7 Å². The van der Waals surface area contributed by atoms with Gasteiger partial charge in [0, 0.05) is 43.0 Å². The predicted molar refractivity (Wildman–Crippen MR) is 126 cm³/mol. The highest BCUT2D eigenvalue weighted by atomic mass is 16.5. The Labute approximate surface area is 197 Å². The van der Waals surface area contributed by atoms with Gasteiger partial charge in [-0.15, -0.1) is 0 Å². The topological polar surface area (TPSA) is 108 Å². The largest absolute Gasteiger partial charge is 0.457 e. The molecule has 8 nitrogen and oxygen atoms in total. The maximum atomic E-state index is 12.7. The number of aromatic nitrogens is 2. The normalized spacial score (nSPS) is 17.3. The minimum atomic E-state index is -0.638. The van der Waals surface area contributed by atoms with E-state index in [0.717, 1.165) is 53.9 Å². The molecule has 1 fully saturated rings. The van der Waals surface area contributed by atoms with Crippen LogP contribution in [0.15, 0.2) is 48.7 Å². The Balaban J connectivity index is 1.13. The predicted octanol–water partition coefficient (Wildman–Crippen LogP) is 2.98. The van der Waals surface area contributed by atoms with Gasteiger partial charge in [-0.2, -0.15) is 5.10 Å². The number of esters is 1. The number of H-pyrrole nitrogens is 1. The summed E-state index contributed by atoms with van der Waals surface area (Å²) < 4.78 is 5.12. The van der Waals surface area contributed by atoms with Gasteiger partial charge in [0.2, 0.25) is 0 Å². The average Bonchev–Trinajstić information content (AvgIpc) is 3.51. The second-order valence-electron chi connectivity index (χ2n) is 8.99. The highest BCUT2D eigenvalue weighted by molar-refractivity contribution is 5.95. The fraction of sp³-hybridized carbons (Fsp3) is 0.346. The van der Waals surface area contributed by atoms with Crippen molar-refractivity contribution in [2.45, 2.75) is 38.5 Å². The minimum Gasteiger partial charge on any atom is -0.457 e. The Morgan fingerprint density at radius 1 is 1.21 bits per heavy atom. The summed E-state index contributed by atoms with van der Waals surface area (Å²) in [4.78, 5) is 26.7. The molecule has 2 aromatic carbocycles. The number of rotatable bonds is 6. The van der Waals surface area contributed by atoms with Crippen molar-refractivity contribution in [3.63, 3.8) is 0 Å². The number of aliphatic hydroxyl groups is 1. The van der Waals surface area contributed by atoms with Gasteiger partial charge in [0.1, 0.15) is 6.61 Å². The lowest BCUT2D eigenvalue weighted by atomic mass is 9.94. The van der Waals surface area contributed by atoms with Crippen LogP contribution in [0.2, 0.25) is 0 Å². The van der Waals surface area contributed by atoms with E-state index in [9.17, 15) is 14.7 Å². The number of amides is 1. The monoisotopic (exact) mass is 460 g/mol. The van der Waals surface area contributed by atoms with Crippen LogP contribution in [-0.4, -0.2) is 57.8 Å². The third kappa shape index (κ3) is 4.47. The SMILES string of the molecule is Cc1c([C@@H](O)CN2CCC(NC(=O)c3ccc(-c4ccn[nH]4)cc3)CC2)ccc2c1COC2=O. The van der Waals surface area contributed by atoms with Crippen LogP contribution in [0.5, 0.6) is 0 Å². The zero-order valence-electron chi connectivity index (χ0n) is 19.1. The van der Waals surface area contributed by atoms with E-state index >= 15 is 0 Å². The summed E-state index contributed by atoms with van der Waals surface area (Å²) in [6.45, 7) is 4.32. The Morgan fingerprint density at radius 2 is 1.97 bits per heavy atom. The molecule has 0 bridgehead atoms. The van der Waals surface area contributed by atoms with Crippen molar-refractivity contribution < 1.29 is 19.4 Å². The van der Waals surface area contributed by atoms with Crippen LogP contribution < -0.4 is 5.32 Å². The van der Waals surface area contributed by atoms with Gasteiger partial charge < -0.3 is 20.1 Å². The molecular weight excluding hydrogens is 432 g/mol. The summed E-state index contributed by atoms with van der Waals surface area (Å²) in [7, 11) is 0. The van der Waals surface area contributed by atoms with Crippen molar-refractivity contribution in [2.75, 3.05) is 19.6 Å². The van der Waals surface area contributed by atoms with Crippen LogP contribution in [0, 0.1) is 6.92 Å². The number of nitrogens with one attached hydrogen (secondary N) is 2. The number of β-amino-alcohol motifs (C(OH)–C–C–N with tert-alkyl or cyclic N) is 1. The molecule has 3 heterocycles.